The molecule has 0 spiro atoms. The van der Waals surface area contributed by atoms with E-state index in [1.165, 1.54) is 0 Å². The molecule has 0 unspecified atom stereocenters. The number of pyridine rings is 1. The van der Waals surface area contributed by atoms with Crippen LogP contribution in [-0.4, -0.2) is 24.1 Å². The van der Waals surface area contributed by atoms with Gasteiger partial charge in [-0.25, -0.2) is 15.0 Å². The highest BCUT2D eigenvalue weighted by molar-refractivity contribution is 6.30. The minimum atomic E-state index is 0.623. The van der Waals surface area contributed by atoms with Crippen LogP contribution >= 0.6 is 11.6 Å². The summed E-state index contributed by atoms with van der Waals surface area (Å²) in [5.74, 6) is 1.77. The van der Waals surface area contributed by atoms with E-state index in [9.17, 15) is 0 Å². The van der Waals surface area contributed by atoms with Crippen molar-refractivity contribution in [2.45, 2.75) is 13.5 Å². The van der Waals surface area contributed by atoms with Crippen molar-refractivity contribution < 1.29 is 0 Å². The second kappa shape index (κ2) is 4.85. The fraction of sp³-hybridized carbons (Fsp3) is 0.154. The third-order valence-corrected chi connectivity index (χ3v) is 3.09. The van der Waals surface area contributed by atoms with Gasteiger partial charge in [-0.1, -0.05) is 11.6 Å². The lowest BCUT2D eigenvalue weighted by molar-refractivity contribution is 0.745. The van der Waals surface area contributed by atoms with E-state index in [-0.39, 0.29) is 0 Å². The molecular weight excluding hydrogens is 262 g/mol. The van der Waals surface area contributed by atoms with Gasteiger partial charge >= 0.3 is 0 Å². The summed E-state index contributed by atoms with van der Waals surface area (Å²) in [7, 11) is 0. The molecule has 3 rings (SSSR count). The Morgan fingerprint density at radius 1 is 1.21 bits per heavy atom. The molecule has 0 aliphatic carbocycles. The van der Waals surface area contributed by atoms with Crippen molar-refractivity contribution in [3.63, 3.8) is 0 Å². The highest BCUT2D eigenvalue weighted by Crippen LogP contribution is 2.11. The number of hydrogen-bond acceptors (Lipinski definition) is 3. The van der Waals surface area contributed by atoms with Gasteiger partial charge in [0.1, 0.15) is 18.0 Å². The third-order valence-electron chi connectivity index (χ3n) is 2.87. The van der Waals surface area contributed by atoms with E-state index in [1.54, 1.807) is 18.7 Å². The zero-order chi connectivity index (χ0) is 13.2. The minimum absolute atomic E-state index is 0.623. The first kappa shape index (κ1) is 11.9. The van der Waals surface area contributed by atoms with Gasteiger partial charge in [-0.2, -0.15) is 0 Å². The van der Waals surface area contributed by atoms with Crippen molar-refractivity contribution in [1.29, 1.82) is 0 Å². The molecule has 96 valence electrons. The highest BCUT2D eigenvalue weighted by Gasteiger charge is 2.04. The number of imidazole rings is 2. The molecule has 0 fully saturated rings. The van der Waals surface area contributed by atoms with E-state index in [4.69, 9.17) is 11.6 Å². The maximum atomic E-state index is 5.82. The van der Waals surface area contributed by atoms with Crippen LogP contribution in [0.3, 0.4) is 0 Å². The molecule has 0 aliphatic rings. The molecule has 0 bridgehead atoms. The molecule has 5 nitrogen and oxygen atoms in total. The predicted molar refractivity (Wildman–Crippen MR) is 72.4 cm³/mol. The molecule has 0 saturated heterocycles. The van der Waals surface area contributed by atoms with Crippen LogP contribution in [0.15, 0.2) is 43.2 Å². The van der Waals surface area contributed by atoms with E-state index in [1.807, 2.05) is 40.6 Å². The average molecular weight is 274 g/mol. The van der Waals surface area contributed by atoms with Crippen LogP contribution in [0.25, 0.3) is 5.82 Å². The summed E-state index contributed by atoms with van der Waals surface area (Å²) in [5.41, 5.74) is 0.956. The van der Waals surface area contributed by atoms with Gasteiger partial charge in [0, 0.05) is 24.8 Å². The van der Waals surface area contributed by atoms with E-state index in [0.717, 1.165) is 17.3 Å². The normalized spacial score (nSPS) is 10.8. The van der Waals surface area contributed by atoms with Crippen LogP contribution in [0.4, 0.5) is 0 Å². The van der Waals surface area contributed by atoms with Gasteiger partial charge in [0.25, 0.3) is 0 Å². The number of hydrogen-bond donors (Lipinski definition) is 0. The first-order chi connectivity index (χ1) is 9.22. The Labute approximate surface area is 115 Å². The standard InChI is InChI=1S/C13H12ClN5/c1-10-15-4-5-18(10)7-12-8-19(9-17-12)13-3-2-11(14)6-16-13/h2-6,8-9H,7H2,1H3. The average Bonchev–Trinajstić information content (AvgIpc) is 3.01. The Hall–Kier alpha value is -2.14. The molecule has 0 radical (unpaired) electrons. The molecule has 3 heterocycles. The summed E-state index contributed by atoms with van der Waals surface area (Å²) in [4.78, 5) is 12.8. The van der Waals surface area contributed by atoms with Gasteiger partial charge in [-0.15, -0.1) is 0 Å². The van der Waals surface area contributed by atoms with E-state index < -0.39 is 0 Å². The molecule has 0 saturated carbocycles. The Balaban J connectivity index is 1.83. The molecule has 19 heavy (non-hydrogen) atoms. The number of nitrogens with zero attached hydrogens (tertiary/aromatic N) is 5. The highest BCUT2D eigenvalue weighted by atomic mass is 35.5. The number of halogens is 1. The summed E-state index contributed by atoms with van der Waals surface area (Å²) in [5, 5.41) is 0.623. The van der Waals surface area contributed by atoms with Crippen molar-refractivity contribution in [1.82, 2.24) is 24.1 Å². The summed E-state index contributed by atoms with van der Waals surface area (Å²) in [6, 6.07) is 3.67. The lowest BCUT2D eigenvalue weighted by Gasteiger charge is -2.02. The van der Waals surface area contributed by atoms with Gasteiger partial charge in [-0.05, 0) is 19.1 Å². The Bertz CT molecular complexity index is 683. The Morgan fingerprint density at radius 3 is 2.79 bits per heavy atom. The van der Waals surface area contributed by atoms with Crippen LogP contribution in [0.2, 0.25) is 5.02 Å². The van der Waals surface area contributed by atoms with Gasteiger partial charge in [0.15, 0.2) is 0 Å². The van der Waals surface area contributed by atoms with E-state index >= 15 is 0 Å². The van der Waals surface area contributed by atoms with Crippen molar-refractivity contribution in [3.8, 4) is 5.82 Å². The molecular formula is C13H12ClN5. The predicted octanol–water partition coefficient (Wildman–Crippen LogP) is 2.47. The zero-order valence-electron chi connectivity index (χ0n) is 10.4. The van der Waals surface area contributed by atoms with Crippen molar-refractivity contribution in [2.24, 2.45) is 0 Å². The topological polar surface area (TPSA) is 48.5 Å². The lowest BCUT2D eigenvalue weighted by atomic mass is 10.4. The first-order valence-corrected chi connectivity index (χ1v) is 6.23. The van der Waals surface area contributed by atoms with Crippen molar-refractivity contribution in [2.75, 3.05) is 0 Å². The van der Waals surface area contributed by atoms with Crippen LogP contribution < -0.4 is 0 Å². The number of aryl methyl sites for hydroxylation is 1. The van der Waals surface area contributed by atoms with E-state index in [2.05, 4.69) is 15.0 Å². The summed E-state index contributed by atoms with van der Waals surface area (Å²) in [6.45, 7) is 2.67. The number of rotatable bonds is 3. The maximum absolute atomic E-state index is 5.82. The second-order valence-electron chi connectivity index (χ2n) is 4.21. The Kier molecular flexibility index (Phi) is 3.05. The summed E-state index contributed by atoms with van der Waals surface area (Å²) in [6.07, 6.45) is 9.05. The van der Waals surface area contributed by atoms with Crippen molar-refractivity contribution >= 4 is 11.6 Å². The summed E-state index contributed by atoms with van der Waals surface area (Å²) < 4.78 is 3.92. The SMILES string of the molecule is Cc1nccn1Cc1cn(-c2ccc(Cl)cn2)cn1. The van der Waals surface area contributed by atoms with Crippen LogP contribution in [0.1, 0.15) is 11.5 Å². The molecule has 0 amide bonds. The minimum Gasteiger partial charge on any atom is -0.329 e. The molecule has 0 aromatic carbocycles. The molecule has 6 heteroatoms. The fourth-order valence-corrected chi connectivity index (χ4v) is 1.95. The van der Waals surface area contributed by atoms with Gasteiger partial charge < -0.3 is 4.57 Å². The van der Waals surface area contributed by atoms with Crippen LogP contribution in [0, 0.1) is 6.92 Å². The lowest BCUT2D eigenvalue weighted by Crippen LogP contribution is -2.01. The van der Waals surface area contributed by atoms with Gasteiger partial charge in [0.05, 0.1) is 17.3 Å². The van der Waals surface area contributed by atoms with E-state index in [0.29, 0.717) is 11.6 Å². The first-order valence-electron chi connectivity index (χ1n) is 5.85. The maximum Gasteiger partial charge on any atom is 0.137 e. The molecule has 0 N–H and O–H groups in total. The molecule has 0 atom stereocenters. The third kappa shape index (κ3) is 2.51. The second-order valence-corrected chi connectivity index (χ2v) is 4.65. The van der Waals surface area contributed by atoms with Gasteiger partial charge in [-0.3, -0.25) is 4.57 Å². The van der Waals surface area contributed by atoms with Crippen LogP contribution in [-0.2, 0) is 6.54 Å². The van der Waals surface area contributed by atoms with Gasteiger partial charge in [0.2, 0.25) is 0 Å². The summed E-state index contributed by atoms with van der Waals surface area (Å²) >= 11 is 5.82. The fourth-order valence-electron chi connectivity index (χ4n) is 1.84. The molecule has 3 aromatic heterocycles. The smallest absolute Gasteiger partial charge is 0.137 e. The number of aromatic nitrogens is 5. The Morgan fingerprint density at radius 2 is 2.11 bits per heavy atom. The quantitative estimate of drug-likeness (QED) is 0.737. The monoisotopic (exact) mass is 273 g/mol. The zero-order valence-corrected chi connectivity index (χ0v) is 11.1. The molecule has 0 aliphatic heterocycles. The molecule has 3 aromatic rings. The van der Waals surface area contributed by atoms with Crippen molar-refractivity contribution in [3.05, 3.63) is 59.8 Å². The van der Waals surface area contributed by atoms with Crippen LogP contribution in [0.5, 0.6) is 0 Å². The largest absolute Gasteiger partial charge is 0.329 e.